The molecule has 1 amide bonds. The highest BCUT2D eigenvalue weighted by molar-refractivity contribution is 5.95. The first kappa shape index (κ1) is 10.8. The fraction of sp³-hybridized carbons (Fsp3) is 0.500. The van der Waals surface area contributed by atoms with Crippen LogP contribution in [0.4, 0.5) is 0 Å². The van der Waals surface area contributed by atoms with Gasteiger partial charge in [-0.25, -0.2) is 5.84 Å². The first-order chi connectivity index (χ1) is 6.49. The van der Waals surface area contributed by atoms with Crippen molar-refractivity contribution < 1.29 is 4.79 Å². The Kier molecular flexibility index (Phi) is 2.96. The summed E-state index contributed by atoms with van der Waals surface area (Å²) in [5.74, 6) is 4.87. The van der Waals surface area contributed by atoms with Crippen molar-refractivity contribution in [3.05, 3.63) is 23.0 Å². The highest BCUT2D eigenvalue weighted by Crippen LogP contribution is 2.19. The van der Waals surface area contributed by atoms with Crippen molar-refractivity contribution in [3.8, 4) is 0 Å². The molecule has 0 aliphatic rings. The minimum Gasteiger partial charge on any atom is -0.346 e. The molecule has 0 aliphatic carbocycles. The fourth-order valence-corrected chi connectivity index (χ4v) is 1.88. The van der Waals surface area contributed by atoms with Crippen LogP contribution in [0.1, 0.15) is 41.6 Å². The molecule has 0 aromatic carbocycles. The molecule has 1 aromatic heterocycles. The summed E-state index contributed by atoms with van der Waals surface area (Å²) in [7, 11) is 0. The Morgan fingerprint density at radius 3 is 2.43 bits per heavy atom. The van der Waals surface area contributed by atoms with E-state index < -0.39 is 0 Å². The Bertz CT molecular complexity index is 352. The first-order valence-electron chi connectivity index (χ1n) is 4.68. The standard InChI is InChI=1S/C10H17N3O/c1-6(2)13-7(3)5-9(8(13)4)10(14)12-11/h5-6H,11H2,1-4H3,(H,12,14). The first-order valence-corrected chi connectivity index (χ1v) is 4.68. The molecule has 0 bridgehead atoms. The summed E-state index contributed by atoms with van der Waals surface area (Å²) < 4.78 is 2.12. The number of nitrogens with zero attached hydrogens (tertiary/aromatic N) is 1. The van der Waals surface area contributed by atoms with E-state index in [-0.39, 0.29) is 5.91 Å². The van der Waals surface area contributed by atoms with E-state index in [0.29, 0.717) is 11.6 Å². The van der Waals surface area contributed by atoms with Crippen LogP contribution in [0.5, 0.6) is 0 Å². The van der Waals surface area contributed by atoms with Crippen molar-refractivity contribution in [2.24, 2.45) is 5.84 Å². The summed E-state index contributed by atoms with van der Waals surface area (Å²) >= 11 is 0. The molecule has 4 heteroatoms. The van der Waals surface area contributed by atoms with Gasteiger partial charge in [-0.2, -0.15) is 0 Å². The molecule has 78 valence electrons. The molecule has 0 spiro atoms. The number of nitrogen functional groups attached to an aromatic ring is 1. The zero-order chi connectivity index (χ0) is 10.9. The highest BCUT2D eigenvalue weighted by Gasteiger charge is 2.15. The number of nitrogens with one attached hydrogen (secondary N) is 1. The van der Waals surface area contributed by atoms with Crippen LogP contribution in [0.25, 0.3) is 0 Å². The molecular weight excluding hydrogens is 178 g/mol. The average Bonchev–Trinajstić information content (AvgIpc) is 2.40. The Morgan fingerprint density at radius 1 is 1.50 bits per heavy atom. The van der Waals surface area contributed by atoms with E-state index in [1.165, 1.54) is 0 Å². The molecule has 14 heavy (non-hydrogen) atoms. The zero-order valence-corrected chi connectivity index (χ0v) is 9.09. The minimum atomic E-state index is -0.231. The number of hydrogen-bond acceptors (Lipinski definition) is 2. The van der Waals surface area contributed by atoms with Crippen LogP contribution in [0.3, 0.4) is 0 Å². The lowest BCUT2D eigenvalue weighted by molar-refractivity contribution is 0.0953. The van der Waals surface area contributed by atoms with Crippen molar-refractivity contribution in [1.82, 2.24) is 9.99 Å². The zero-order valence-electron chi connectivity index (χ0n) is 9.09. The number of aromatic nitrogens is 1. The lowest BCUT2D eigenvalue weighted by Gasteiger charge is -2.13. The van der Waals surface area contributed by atoms with Crippen LogP contribution in [0, 0.1) is 13.8 Å². The van der Waals surface area contributed by atoms with Crippen molar-refractivity contribution in [2.75, 3.05) is 0 Å². The number of carbonyl (C=O) groups is 1. The van der Waals surface area contributed by atoms with Gasteiger partial charge in [0.05, 0.1) is 5.56 Å². The summed E-state index contributed by atoms with van der Waals surface area (Å²) in [6.07, 6.45) is 0. The van der Waals surface area contributed by atoms with E-state index in [1.54, 1.807) is 0 Å². The normalized spacial score (nSPS) is 10.7. The Hall–Kier alpha value is -1.29. The predicted molar refractivity (Wildman–Crippen MR) is 55.9 cm³/mol. The summed E-state index contributed by atoms with van der Waals surface area (Å²) in [4.78, 5) is 11.4. The second-order valence-corrected chi connectivity index (χ2v) is 3.72. The highest BCUT2D eigenvalue weighted by atomic mass is 16.2. The average molecular weight is 195 g/mol. The molecule has 0 saturated heterocycles. The number of nitrogens with two attached hydrogens (primary N) is 1. The summed E-state index contributed by atoms with van der Waals surface area (Å²) in [5.41, 5.74) is 4.84. The number of carbonyl (C=O) groups excluding carboxylic acids is 1. The third-order valence-electron chi connectivity index (χ3n) is 2.38. The summed E-state index contributed by atoms with van der Waals surface area (Å²) in [6.45, 7) is 8.09. The number of rotatable bonds is 2. The molecule has 1 heterocycles. The van der Waals surface area contributed by atoms with Gasteiger partial charge >= 0.3 is 0 Å². The second kappa shape index (κ2) is 3.84. The summed E-state index contributed by atoms with van der Waals surface area (Å²) in [6, 6.07) is 2.21. The predicted octanol–water partition coefficient (Wildman–Crippen LogP) is 1.29. The quantitative estimate of drug-likeness (QED) is 0.424. The molecule has 0 fully saturated rings. The van der Waals surface area contributed by atoms with Gasteiger partial charge in [0.1, 0.15) is 0 Å². The lowest BCUT2D eigenvalue weighted by atomic mass is 10.2. The SMILES string of the molecule is Cc1cc(C(=O)NN)c(C)n1C(C)C. The van der Waals surface area contributed by atoms with Crippen molar-refractivity contribution in [1.29, 1.82) is 0 Å². The fourth-order valence-electron chi connectivity index (χ4n) is 1.88. The molecule has 0 atom stereocenters. The molecule has 0 aliphatic heterocycles. The monoisotopic (exact) mass is 195 g/mol. The van der Waals surface area contributed by atoms with Gasteiger partial charge in [-0.15, -0.1) is 0 Å². The van der Waals surface area contributed by atoms with Crippen LogP contribution in [-0.2, 0) is 0 Å². The van der Waals surface area contributed by atoms with Gasteiger partial charge in [-0.3, -0.25) is 10.2 Å². The van der Waals surface area contributed by atoms with Crippen LogP contribution in [-0.4, -0.2) is 10.5 Å². The van der Waals surface area contributed by atoms with Crippen LogP contribution >= 0.6 is 0 Å². The maximum absolute atomic E-state index is 11.4. The largest absolute Gasteiger partial charge is 0.346 e. The van der Waals surface area contributed by atoms with Crippen molar-refractivity contribution in [2.45, 2.75) is 33.7 Å². The number of hydrazine groups is 1. The number of hydrogen-bond donors (Lipinski definition) is 2. The molecule has 0 unspecified atom stereocenters. The maximum Gasteiger partial charge on any atom is 0.267 e. The summed E-state index contributed by atoms with van der Waals surface area (Å²) in [5, 5.41) is 0. The molecule has 1 aromatic rings. The van der Waals surface area contributed by atoms with E-state index >= 15 is 0 Å². The Balaban J connectivity index is 3.23. The van der Waals surface area contributed by atoms with Gasteiger partial charge in [0.2, 0.25) is 0 Å². The molecule has 3 N–H and O–H groups in total. The van der Waals surface area contributed by atoms with Crippen molar-refractivity contribution in [3.63, 3.8) is 0 Å². The Morgan fingerprint density at radius 2 is 2.07 bits per heavy atom. The van der Waals surface area contributed by atoms with Crippen LogP contribution in [0.15, 0.2) is 6.07 Å². The van der Waals surface area contributed by atoms with Gasteiger partial charge in [-0.1, -0.05) is 0 Å². The molecule has 0 saturated carbocycles. The third-order valence-corrected chi connectivity index (χ3v) is 2.38. The minimum absolute atomic E-state index is 0.231. The van der Waals surface area contributed by atoms with Crippen LogP contribution in [0.2, 0.25) is 0 Å². The van der Waals surface area contributed by atoms with Crippen LogP contribution < -0.4 is 11.3 Å². The number of aryl methyl sites for hydroxylation is 1. The number of amides is 1. The molecule has 4 nitrogen and oxygen atoms in total. The van der Waals surface area contributed by atoms with Gasteiger partial charge in [0.25, 0.3) is 5.91 Å². The molecule has 1 rings (SSSR count). The van der Waals surface area contributed by atoms with Gasteiger partial charge in [-0.05, 0) is 33.8 Å². The van der Waals surface area contributed by atoms with Gasteiger partial charge < -0.3 is 4.57 Å². The van der Waals surface area contributed by atoms with Gasteiger partial charge in [0, 0.05) is 17.4 Å². The van der Waals surface area contributed by atoms with E-state index in [4.69, 9.17) is 5.84 Å². The van der Waals surface area contributed by atoms with E-state index in [1.807, 2.05) is 19.9 Å². The van der Waals surface area contributed by atoms with E-state index in [9.17, 15) is 4.79 Å². The molecule has 0 radical (unpaired) electrons. The van der Waals surface area contributed by atoms with Gasteiger partial charge in [0.15, 0.2) is 0 Å². The van der Waals surface area contributed by atoms with Crippen molar-refractivity contribution >= 4 is 5.91 Å². The third kappa shape index (κ3) is 1.65. The lowest BCUT2D eigenvalue weighted by Crippen LogP contribution is -2.30. The smallest absolute Gasteiger partial charge is 0.267 e. The maximum atomic E-state index is 11.4. The van der Waals surface area contributed by atoms with E-state index in [2.05, 4.69) is 23.8 Å². The topological polar surface area (TPSA) is 60.1 Å². The second-order valence-electron chi connectivity index (χ2n) is 3.72. The Labute approximate surface area is 84.1 Å². The molecular formula is C10H17N3O. The van der Waals surface area contributed by atoms with E-state index in [0.717, 1.165) is 11.4 Å².